The maximum absolute atomic E-state index is 13.8. The van der Waals surface area contributed by atoms with E-state index >= 15 is 0 Å². The summed E-state index contributed by atoms with van der Waals surface area (Å²) in [5.41, 5.74) is 0.726. The minimum atomic E-state index is -0.412. The molecule has 1 aromatic rings. The number of fused-ring (bicyclic) bond motifs is 1. The summed E-state index contributed by atoms with van der Waals surface area (Å²) < 4.78 is 13.8. The predicted octanol–water partition coefficient (Wildman–Crippen LogP) is 3.01. The van der Waals surface area contributed by atoms with E-state index in [1.165, 1.54) is 25.0 Å². The number of carbonyl (C=O) groups excluding carboxylic acids is 1. The lowest BCUT2D eigenvalue weighted by atomic mass is 9.84. The number of halogens is 1. The van der Waals surface area contributed by atoms with Gasteiger partial charge in [0.1, 0.15) is 5.82 Å². The minimum Gasteiger partial charge on any atom is -0.273 e. The normalized spacial score (nSPS) is 30.6. The zero-order chi connectivity index (χ0) is 16.2. The molecule has 4 rings (SSSR count). The molecule has 3 aliphatic rings. The molecule has 0 unspecified atom stereocenters. The molecular formula is C18H20FN3O. The van der Waals surface area contributed by atoms with Crippen LogP contribution in [0.2, 0.25) is 0 Å². The highest BCUT2D eigenvalue weighted by Gasteiger charge is 2.54. The van der Waals surface area contributed by atoms with Crippen molar-refractivity contribution in [1.29, 1.82) is 5.26 Å². The van der Waals surface area contributed by atoms with Gasteiger partial charge in [0.25, 0.3) is 0 Å². The van der Waals surface area contributed by atoms with Crippen LogP contribution in [0.25, 0.3) is 0 Å². The van der Waals surface area contributed by atoms with Crippen LogP contribution in [0, 0.1) is 28.5 Å². The number of nitrogens with zero attached hydrogens (tertiary/aromatic N) is 3. The maximum Gasteiger partial charge on any atom is 0.244 e. The average Bonchev–Trinajstić information content (AvgIpc) is 3.16. The van der Waals surface area contributed by atoms with Gasteiger partial charge in [-0.1, -0.05) is 12.8 Å². The number of amides is 1. The quantitative estimate of drug-likeness (QED) is 0.862. The number of hydrogen-bond donors (Lipinski definition) is 0. The van der Waals surface area contributed by atoms with Crippen molar-refractivity contribution in [2.45, 2.75) is 38.6 Å². The van der Waals surface area contributed by atoms with Crippen molar-refractivity contribution in [2.24, 2.45) is 11.3 Å². The average molecular weight is 313 g/mol. The standard InChI is InChI=1S/C18H20FN3O/c1-18(9-12-2-3-12)11-21-5-4-16(22(21)17(18)23)14-6-13(10-20)7-15(19)8-14/h6-8,12,16H,2-5,9,11H2,1H3/t16-,18+/m0/s1. The monoisotopic (exact) mass is 313 g/mol. The topological polar surface area (TPSA) is 47.3 Å². The number of benzene rings is 1. The fraction of sp³-hybridized carbons (Fsp3) is 0.556. The Bertz CT molecular complexity index is 709. The number of hydrogen-bond acceptors (Lipinski definition) is 3. The molecule has 4 nitrogen and oxygen atoms in total. The van der Waals surface area contributed by atoms with Gasteiger partial charge in [-0.05, 0) is 49.4 Å². The van der Waals surface area contributed by atoms with Crippen LogP contribution in [0.3, 0.4) is 0 Å². The second-order valence-electron chi connectivity index (χ2n) is 7.44. The molecule has 1 saturated carbocycles. The predicted molar refractivity (Wildman–Crippen MR) is 82.3 cm³/mol. The Labute approximate surface area is 135 Å². The van der Waals surface area contributed by atoms with E-state index in [0.29, 0.717) is 11.5 Å². The summed E-state index contributed by atoms with van der Waals surface area (Å²) in [6.45, 7) is 3.64. The first-order chi connectivity index (χ1) is 11.0. The Balaban J connectivity index is 1.63. The highest BCUT2D eigenvalue weighted by atomic mass is 19.1. The second-order valence-corrected chi connectivity index (χ2v) is 7.44. The highest BCUT2D eigenvalue weighted by Crippen LogP contribution is 2.48. The van der Waals surface area contributed by atoms with E-state index in [9.17, 15) is 9.18 Å². The number of nitriles is 1. The molecule has 23 heavy (non-hydrogen) atoms. The van der Waals surface area contributed by atoms with Crippen LogP contribution in [-0.4, -0.2) is 29.0 Å². The van der Waals surface area contributed by atoms with Gasteiger partial charge >= 0.3 is 0 Å². The number of hydrazine groups is 1. The molecule has 2 saturated heterocycles. The third-order valence-corrected chi connectivity index (χ3v) is 5.39. The summed E-state index contributed by atoms with van der Waals surface area (Å²) in [6, 6.07) is 6.25. The summed E-state index contributed by atoms with van der Waals surface area (Å²) in [5, 5.41) is 13.0. The van der Waals surface area contributed by atoms with Gasteiger partial charge in [0.05, 0.1) is 23.1 Å². The van der Waals surface area contributed by atoms with Crippen molar-refractivity contribution in [3.63, 3.8) is 0 Å². The van der Waals surface area contributed by atoms with Crippen molar-refractivity contribution in [1.82, 2.24) is 10.0 Å². The van der Waals surface area contributed by atoms with Gasteiger partial charge in [0.15, 0.2) is 0 Å². The Morgan fingerprint density at radius 1 is 1.35 bits per heavy atom. The molecule has 0 radical (unpaired) electrons. The fourth-order valence-electron chi connectivity index (χ4n) is 4.16. The van der Waals surface area contributed by atoms with Gasteiger partial charge in [-0.2, -0.15) is 5.26 Å². The molecule has 1 aliphatic carbocycles. The first kappa shape index (κ1) is 14.6. The first-order valence-corrected chi connectivity index (χ1v) is 8.29. The fourth-order valence-corrected chi connectivity index (χ4v) is 4.16. The van der Waals surface area contributed by atoms with E-state index in [1.807, 2.05) is 11.1 Å². The maximum atomic E-state index is 13.8. The van der Waals surface area contributed by atoms with Crippen molar-refractivity contribution in [3.05, 3.63) is 35.1 Å². The molecule has 5 heteroatoms. The third-order valence-electron chi connectivity index (χ3n) is 5.39. The lowest BCUT2D eigenvalue weighted by Crippen LogP contribution is -2.36. The van der Waals surface area contributed by atoms with E-state index < -0.39 is 5.82 Å². The smallest absolute Gasteiger partial charge is 0.244 e. The van der Waals surface area contributed by atoms with Crippen molar-refractivity contribution in [3.8, 4) is 6.07 Å². The molecule has 1 aromatic carbocycles. The Kier molecular flexibility index (Phi) is 3.21. The molecule has 0 aromatic heterocycles. The summed E-state index contributed by atoms with van der Waals surface area (Å²) in [4.78, 5) is 13.0. The molecule has 1 amide bonds. The van der Waals surface area contributed by atoms with E-state index in [1.54, 1.807) is 6.07 Å². The van der Waals surface area contributed by atoms with Crippen LogP contribution in [0.5, 0.6) is 0 Å². The van der Waals surface area contributed by atoms with Crippen molar-refractivity contribution < 1.29 is 9.18 Å². The van der Waals surface area contributed by atoms with Gasteiger partial charge in [-0.3, -0.25) is 9.80 Å². The van der Waals surface area contributed by atoms with Gasteiger partial charge < -0.3 is 0 Å². The Morgan fingerprint density at radius 2 is 2.13 bits per heavy atom. The largest absolute Gasteiger partial charge is 0.273 e. The molecule has 0 bridgehead atoms. The molecule has 3 fully saturated rings. The Morgan fingerprint density at radius 3 is 2.83 bits per heavy atom. The van der Waals surface area contributed by atoms with Crippen LogP contribution >= 0.6 is 0 Å². The lowest BCUT2D eigenvalue weighted by molar-refractivity contribution is -0.143. The van der Waals surface area contributed by atoms with Crippen molar-refractivity contribution >= 4 is 5.91 Å². The van der Waals surface area contributed by atoms with Crippen LogP contribution < -0.4 is 0 Å². The lowest BCUT2D eigenvalue weighted by Gasteiger charge is -2.27. The summed E-state index contributed by atoms with van der Waals surface area (Å²) in [5.74, 6) is 0.447. The van der Waals surface area contributed by atoms with Gasteiger partial charge in [0, 0.05) is 13.1 Å². The van der Waals surface area contributed by atoms with Gasteiger partial charge in [-0.15, -0.1) is 0 Å². The first-order valence-electron chi connectivity index (χ1n) is 8.29. The zero-order valence-electron chi connectivity index (χ0n) is 13.3. The number of carbonyl (C=O) groups is 1. The molecule has 2 aliphatic heterocycles. The van der Waals surface area contributed by atoms with Gasteiger partial charge in [0.2, 0.25) is 5.91 Å². The minimum absolute atomic E-state index is 0.147. The summed E-state index contributed by atoms with van der Waals surface area (Å²) >= 11 is 0. The molecule has 120 valence electrons. The SMILES string of the molecule is C[C@@]1(CC2CC2)CN2CC[C@@H](c3cc(F)cc(C#N)c3)N2C1=O. The molecule has 2 heterocycles. The third kappa shape index (κ3) is 2.42. The molecule has 0 spiro atoms. The number of rotatable bonds is 3. The molecular weight excluding hydrogens is 293 g/mol. The summed E-state index contributed by atoms with van der Waals surface area (Å²) in [7, 11) is 0. The van der Waals surface area contributed by atoms with Crippen LogP contribution in [-0.2, 0) is 4.79 Å². The highest BCUT2D eigenvalue weighted by molar-refractivity contribution is 5.85. The van der Waals surface area contributed by atoms with E-state index in [0.717, 1.165) is 31.5 Å². The second kappa shape index (κ2) is 5.04. The van der Waals surface area contributed by atoms with Gasteiger partial charge in [-0.25, -0.2) is 9.40 Å². The van der Waals surface area contributed by atoms with Crippen molar-refractivity contribution in [2.75, 3.05) is 13.1 Å². The van der Waals surface area contributed by atoms with E-state index in [-0.39, 0.29) is 17.4 Å². The van der Waals surface area contributed by atoms with E-state index in [4.69, 9.17) is 5.26 Å². The zero-order valence-corrected chi connectivity index (χ0v) is 13.3. The Hall–Kier alpha value is -1.93. The van der Waals surface area contributed by atoms with E-state index in [2.05, 4.69) is 11.9 Å². The molecule has 0 N–H and O–H groups in total. The summed E-state index contributed by atoms with van der Waals surface area (Å²) in [6.07, 6.45) is 4.22. The van der Waals surface area contributed by atoms with Crippen LogP contribution in [0.15, 0.2) is 18.2 Å². The molecule has 2 atom stereocenters. The van der Waals surface area contributed by atoms with Crippen LogP contribution in [0.4, 0.5) is 4.39 Å². The van der Waals surface area contributed by atoms with Crippen LogP contribution in [0.1, 0.15) is 49.8 Å².